The van der Waals surface area contributed by atoms with Crippen molar-refractivity contribution in [2.45, 2.75) is 13.0 Å². The number of nitrogens with zero attached hydrogens (tertiary/aromatic N) is 3. The predicted octanol–water partition coefficient (Wildman–Crippen LogP) is 1.43. The van der Waals surface area contributed by atoms with Crippen LogP contribution in [0.4, 0.5) is 0 Å². The molecule has 2 aromatic rings. The zero-order chi connectivity index (χ0) is 18.8. The van der Waals surface area contributed by atoms with E-state index >= 15 is 0 Å². The summed E-state index contributed by atoms with van der Waals surface area (Å²) in [5.74, 6) is -0.00302. The van der Waals surface area contributed by atoms with E-state index < -0.39 is 10.2 Å². The summed E-state index contributed by atoms with van der Waals surface area (Å²) >= 11 is 3.46. The highest BCUT2D eigenvalue weighted by Gasteiger charge is 2.15. The van der Waals surface area contributed by atoms with Gasteiger partial charge in [-0.3, -0.25) is 4.79 Å². The molecule has 0 atom stereocenters. The first kappa shape index (κ1) is 19.9. The molecule has 1 aromatic carbocycles. The van der Waals surface area contributed by atoms with Gasteiger partial charge in [-0.25, -0.2) is 4.72 Å². The molecule has 0 unspecified atom stereocenters. The second-order valence-electron chi connectivity index (χ2n) is 6.16. The van der Waals surface area contributed by atoms with Gasteiger partial charge in [0, 0.05) is 56.3 Å². The Balaban J connectivity index is 2.27. The van der Waals surface area contributed by atoms with Crippen LogP contribution in [0.15, 0.2) is 28.9 Å². The van der Waals surface area contributed by atoms with Gasteiger partial charge in [-0.2, -0.15) is 12.7 Å². The van der Waals surface area contributed by atoms with Gasteiger partial charge in [-0.1, -0.05) is 22.0 Å². The van der Waals surface area contributed by atoms with Crippen molar-refractivity contribution in [2.24, 2.45) is 0 Å². The minimum Gasteiger partial charge on any atom is -0.347 e. The van der Waals surface area contributed by atoms with Gasteiger partial charge in [0.2, 0.25) is 5.91 Å². The van der Waals surface area contributed by atoms with Gasteiger partial charge in [-0.15, -0.1) is 0 Å². The van der Waals surface area contributed by atoms with Crippen LogP contribution in [0.2, 0.25) is 0 Å². The van der Waals surface area contributed by atoms with Crippen LogP contribution in [0.3, 0.4) is 0 Å². The molecule has 1 heterocycles. The number of carbonyl (C=O) groups excluding carboxylic acids is 1. The van der Waals surface area contributed by atoms with Gasteiger partial charge in [0.1, 0.15) is 6.54 Å². The van der Waals surface area contributed by atoms with Crippen LogP contribution in [-0.2, 0) is 28.0 Å². The van der Waals surface area contributed by atoms with Crippen LogP contribution in [0.25, 0.3) is 10.9 Å². The number of amides is 1. The highest BCUT2D eigenvalue weighted by Crippen LogP contribution is 2.25. The predicted molar refractivity (Wildman–Crippen MR) is 103 cm³/mol. The summed E-state index contributed by atoms with van der Waals surface area (Å²) in [6.07, 6.45) is 2.46. The Morgan fingerprint density at radius 1 is 1.24 bits per heavy atom. The molecule has 0 bridgehead atoms. The van der Waals surface area contributed by atoms with E-state index in [0.29, 0.717) is 6.42 Å². The maximum Gasteiger partial charge on any atom is 0.278 e. The average Bonchev–Trinajstić information content (AvgIpc) is 2.84. The molecule has 1 N–H and O–H groups in total. The zero-order valence-corrected chi connectivity index (χ0v) is 17.2. The van der Waals surface area contributed by atoms with E-state index in [1.54, 1.807) is 19.0 Å². The number of aromatic nitrogens is 1. The second kappa shape index (κ2) is 7.86. The van der Waals surface area contributed by atoms with Gasteiger partial charge < -0.3 is 9.47 Å². The van der Waals surface area contributed by atoms with Gasteiger partial charge in [0.25, 0.3) is 10.2 Å². The third-order valence-corrected chi connectivity index (χ3v) is 5.91. The Labute approximate surface area is 156 Å². The highest BCUT2D eigenvalue weighted by atomic mass is 79.9. The maximum atomic E-state index is 12.1. The molecule has 0 spiro atoms. The number of hydrogen-bond acceptors (Lipinski definition) is 3. The summed E-state index contributed by atoms with van der Waals surface area (Å²) in [7, 11) is 2.97. The molecule has 2 rings (SSSR count). The molecule has 138 valence electrons. The fraction of sp³-hybridized carbons (Fsp3) is 0.438. The molecule has 1 aromatic heterocycles. The Kier molecular flexibility index (Phi) is 6.26. The van der Waals surface area contributed by atoms with E-state index in [-0.39, 0.29) is 19.0 Å². The lowest BCUT2D eigenvalue weighted by atomic mass is 10.1. The van der Waals surface area contributed by atoms with E-state index in [0.717, 1.165) is 25.2 Å². The van der Waals surface area contributed by atoms with Crippen LogP contribution < -0.4 is 4.72 Å². The molecule has 25 heavy (non-hydrogen) atoms. The molecule has 0 fully saturated rings. The third kappa shape index (κ3) is 4.81. The molecule has 0 aliphatic carbocycles. The van der Waals surface area contributed by atoms with Gasteiger partial charge >= 0.3 is 0 Å². The number of fused-ring (bicyclic) bond motifs is 1. The number of carbonyl (C=O) groups is 1. The quantitative estimate of drug-likeness (QED) is 0.721. The van der Waals surface area contributed by atoms with Crippen LogP contribution in [0.5, 0.6) is 0 Å². The second-order valence-corrected chi connectivity index (χ2v) is 9.05. The first-order valence-electron chi connectivity index (χ1n) is 7.76. The standard InChI is InChI=1S/C16H23BrN4O3S/c1-19(2)16(22)11-21-10-12(7-8-18-25(23,24)20(3)4)14-6-5-13(17)9-15(14)21/h5-6,9-10,18H,7-8,11H2,1-4H3. The van der Waals surface area contributed by atoms with E-state index in [1.165, 1.54) is 14.1 Å². The molecule has 0 saturated heterocycles. The fourth-order valence-corrected chi connectivity index (χ4v) is 3.37. The highest BCUT2D eigenvalue weighted by molar-refractivity contribution is 9.10. The van der Waals surface area contributed by atoms with Crippen molar-refractivity contribution in [1.29, 1.82) is 0 Å². The average molecular weight is 431 g/mol. The number of hydrogen-bond donors (Lipinski definition) is 1. The summed E-state index contributed by atoms with van der Waals surface area (Å²) in [5.41, 5.74) is 1.94. The van der Waals surface area contributed by atoms with Crippen LogP contribution in [-0.4, -0.2) is 62.8 Å². The van der Waals surface area contributed by atoms with Crippen molar-refractivity contribution < 1.29 is 13.2 Å². The van der Waals surface area contributed by atoms with E-state index in [2.05, 4.69) is 20.7 Å². The van der Waals surface area contributed by atoms with Crippen molar-refractivity contribution in [3.63, 3.8) is 0 Å². The fourth-order valence-electron chi connectivity index (χ4n) is 2.40. The summed E-state index contributed by atoms with van der Waals surface area (Å²) < 4.78 is 30.1. The number of nitrogens with one attached hydrogen (secondary N) is 1. The van der Waals surface area contributed by atoms with E-state index in [1.807, 2.05) is 29.0 Å². The van der Waals surface area contributed by atoms with Gasteiger partial charge in [-0.05, 0) is 24.1 Å². The van der Waals surface area contributed by atoms with Gasteiger partial charge in [0.05, 0.1) is 0 Å². The van der Waals surface area contributed by atoms with Crippen molar-refractivity contribution >= 4 is 42.9 Å². The first-order chi connectivity index (χ1) is 11.6. The number of benzene rings is 1. The molecule has 0 saturated carbocycles. The molecule has 0 aliphatic rings. The third-order valence-electron chi connectivity index (χ3n) is 3.89. The number of halogens is 1. The van der Waals surface area contributed by atoms with Crippen molar-refractivity contribution in [2.75, 3.05) is 34.7 Å². The Morgan fingerprint density at radius 2 is 1.92 bits per heavy atom. The van der Waals surface area contributed by atoms with E-state index in [4.69, 9.17) is 0 Å². The number of likely N-dealkylation sites (N-methyl/N-ethyl adjacent to an activating group) is 1. The largest absolute Gasteiger partial charge is 0.347 e. The zero-order valence-electron chi connectivity index (χ0n) is 14.8. The lowest BCUT2D eigenvalue weighted by Gasteiger charge is -2.12. The van der Waals surface area contributed by atoms with E-state index in [9.17, 15) is 13.2 Å². The SMILES string of the molecule is CN(C)C(=O)Cn1cc(CCNS(=O)(=O)N(C)C)c2ccc(Br)cc21. The minimum atomic E-state index is -3.44. The lowest BCUT2D eigenvalue weighted by Crippen LogP contribution is -2.36. The smallest absolute Gasteiger partial charge is 0.278 e. The normalized spacial score (nSPS) is 12.1. The molecule has 9 heteroatoms. The van der Waals surface area contributed by atoms with Crippen molar-refractivity contribution in [3.05, 3.63) is 34.4 Å². The molecule has 0 aliphatic heterocycles. The summed E-state index contributed by atoms with van der Waals surface area (Å²) in [4.78, 5) is 13.6. The summed E-state index contributed by atoms with van der Waals surface area (Å²) in [6, 6.07) is 5.88. The Bertz CT molecular complexity index is 875. The monoisotopic (exact) mass is 430 g/mol. The van der Waals surface area contributed by atoms with Gasteiger partial charge in [0.15, 0.2) is 0 Å². The molecule has 0 radical (unpaired) electrons. The number of rotatable bonds is 7. The van der Waals surface area contributed by atoms with Crippen LogP contribution in [0.1, 0.15) is 5.56 Å². The molecular weight excluding hydrogens is 408 g/mol. The van der Waals surface area contributed by atoms with Crippen molar-refractivity contribution in [1.82, 2.24) is 18.5 Å². The topological polar surface area (TPSA) is 74.6 Å². The molecular formula is C16H23BrN4O3S. The van der Waals surface area contributed by atoms with Crippen LogP contribution in [0, 0.1) is 0 Å². The Morgan fingerprint density at radius 3 is 2.52 bits per heavy atom. The first-order valence-corrected chi connectivity index (χ1v) is 9.99. The minimum absolute atomic E-state index is 0.00302. The molecule has 7 nitrogen and oxygen atoms in total. The Hall–Kier alpha value is -1.42. The van der Waals surface area contributed by atoms with Crippen LogP contribution >= 0.6 is 15.9 Å². The summed E-state index contributed by atoms with van der Waals surface area (Å²) in [5, 5.41) is 1.01. The van der Waals surface area contributed by atoms with Crippen molar-refractivity contribution in [3.8, 4) is 0 Å². The maximum absolute atomic E-state index is 12.1. The lowest BCUT2D eigenvalue weighted by molar-refractivity contribution is -0.129. The molecule has 1 amide bonds. The summed E-state index contributed by atoms with van der Waals surface area (Å²) in [6.45, 7) is 0.528.